The van der Waals surface area contributed by atoms with Crippen molar-refractivity contribution < 1.29 is 9.59 Å². The molecule has 0 saturated heterocycles. The van der Waals surface area contributed by atoms with E-state index in [1.54, 1.807) is 0 Å². The highest BCUT2D eigenvalue weighted by molar-refractivity contribution is 6.10. The minimum absolute atomic E-state index is 0.224. The Kier molecular flexibility index (Phi) is 2.61. The quantitative estimate of drug-likeness (QED) is 0.771. The molecule has 0 amide bonds. The van der Waals surface area contributed by atoms with Gasteiger partial charge in [-0.05, 0) is 72.6 Å². The Bertz CT molecular complexity index is 763. The summed E-state index contributed by atoms with van der Waals surface area (Å²) in [6, 6.07) is 8.24. The van der Waals surface area contributed by atoms with Gasteiger partial charge in [0.2, 0.25) is 0 Å². The van der Waals surface area contributed by atoms with Crippen molar-refractivity contribution in [3.05, 3.63) is 59.7 Å². The van der Waals surface area contributed by atoms with Crippen LogP contribution in [-0.2, 0) is 20.4 Å². The summed E-state index contributed by atoms with van der Waals surface area (Å²) in [6.45, 7) is 8.12. The SMILES string of the molecule is C=C1C(=O)C2(c3ccccc3C34CCC(C3)C(=C)C4=O)CCC1C2. The predicted octanol–water partition coefficient (Wildman–Crippen LogP) is 4.04. The average molecular weight is 318 g/mol. The molecule has 0 heterocycles. The Labute approximate surface area is 142 Å². The Morgan fingerprint density at radius 1 is 0.792 bits per heavy atom. The van der Waals surface area contributed by atoms with E-state index >= 15 is 0 Å². The average Bonchev–Trinajstić information content (AvgIpc) is 3.33. The first kappa shape index (κ1) is 14.4. The van der Waals surface area contributed by atoms with Gasteiger partial charge < -0.3 is 0 Å². The number of ketones is 2. The highest BCUT2D eigenvalue weighted by atomic mass is 16.1. The Morgan fingerprint density at radius 2 is 1.21 bits per heavy atom. The lowest BCUT2D eigenvalue weighted by atomic mass is 9.66. The molecule has 4 aliphatic carbocycles. The lowest BCUT2D eigenvalue weighted by molar-refractivity contribution is -0.121. The molecule has 4 bridgehead atoms. The zero-order valence-corrected chi connectivity index (χ0v) is 13.9. The summed E-state index contributed by atoms with van der Waals surface area (Å²) >= 11 is 0. The van der Waals surface area contributed by atoms with Gasteiger partial charge in [-0.1, -0.05) is 37.4 Å². The number of carbonyl (C=O) groups excluding carboxylic acids is 2. The summed E-state index contributed by atoms with van der Waals surface area (Å²) in [5.74, 6) is 1.13. The molecule has 122 valence electrons. The molecule has 2 heteroatoms. The molecule has 4 saturated carbocycles. The highest BCUT2D eigenvalue weighted by Crippen LogP contribution is 2.60. The molecule has 0 radical (unpaired) electrons. The Hall–Kier alpha value is -1.96. The zero-order chi connectivity index (χ0) is 16.7. The van der Waals surface area contributed by atoms with Gasteiger partial charge in [0, 0.05) is 0 Å². The van der Waals surface area contributed by atoms with Crippen LogP contribution < -0.4 is 0 Å². The molecule has 0 N–H and O–H groups in total. The second-order valence-electron chi connectivity index (χ2n) is 8.30. The van der Waals surface area contributed by atoms with Crippen LogP contribution in [0.5, 0.6) is 0 Å². The van der Waals surface area contributed by atoms with Crippen LogP contribution in [0.2, 0.25) is 0 Å². The summed E-state index contributed by atoms with van der Waals surface area (Å²) in [6.07, 6.45) is 5.68. The molecule has 4 unspecified atom stereocenters. The van der Waals surface area contributed by atoms with Gasteiger partial charge in [0.25, 0.3) is 0 Å². The number of Topliss-reactive ketones (excluding diaryl/α,β-unsaturated/α-hetero) is 2. The Balaban J connectivity index is 1.71. The fourth-order valence-corrected chi connectivity index (χ4v) is 6.14. The van der Waals surface area contributed by atoms with Gasteiger partial charge >= 0.3 is 0 Å². The highest BCUT2D eigenvalue weighted by Gasteiger charge is 2.60. The molecule has 0 aliphatic heterocycles. The number of hydrogen-bond acceptors (Lipinski definition) is 2. The van der Waals surface area contributed by atoms with E-state index in [2.05, 4.69) is 25.3 Å². The molecular formula is C22H22O2. The van der Waals surface area contributed by atoms with Crippen molar-refractivity contribution in [1.29, 1.82) is 0 Å². The first-order chi connectivity index (χ1) is 11.5. The minimum atomic E-state index is -0.421. The van der Waals surface area contributed by atoms with Gasteiger partial charge in [0.05, 0.1) is 10.8 Å². The smallest absolute Gasteiger partial charge is 0.169 e. The van der Waals surface area contributed by atoms with Crippen LogP contribution in [0.15, 0.2) is 48.6 Å². The molecule has 4 atom stereocenters. The zero-order valence-electron chi connectivity index (χ0n) is 13.9. The van der Waals surface area contributed by atoms with Crippen LogP contribution in [0.25, 0.3) is 0 Å². The molecule has 4 aliphatic rings. The summed E-state index contributed by atoms with van der Waals surface area (Å²) in [5.41, 5.74) is 2.99. The lowest BCUT2D eigenvalue weighted by Gasteiger charge is -2.34. The molecule has 1 aromatic carbocycles. The molecule has 24 heavy (non-hydrogen) atoms. The van der Waals surface area contributed by atoms with E-state index in [1.807, 2.05) is 12.1 Å². The van der Waals surface area contributed by atoms with E-state index in [0.29, 0.717) is 11.8 Å². The van der Waals surface area contributed by atoms with Crippen molar-refractivity contribution in [2.75, 3.05) is 0 Å². The van der Waals surface area contributed by atoms with Crippen LogP contribution >= 0.6 is 0 Å². The van der Waals surface area contributed by atoms with Gasteiger partial charge in [-0.2, -0.15) is 0 Å². The van der Waals surface area contributed by atoms with Crippen molar-refractivity contribution in [3.63, 3.8) is 0 Å². The number of rotatable bonds is 2. The molecule has 2 nitrogen and oxygen atoms in total. The van der Waals surface area contributed by atoms with E-state index in [0.717, 1.165) is 60.8 Å². The van der Waals surface area contributed by atoms with E-state index in [-0.39, 0.29) is 11.6 Å². The van der Waals surface area contributed by atoms with Crippen LogP contribution in [0.3, 0.4) is 0 Å². The maximum absolute atomic E-state index is 13.0. The fraction of sp³-hybridized carbons (Fsp3) is 0.455. The van der Waals surface area contributed by atoms with Crippen molar-refractivity contribution in [3.8, 4) is 0 Å². The summed E-state index contributed by atoms with van der Waals surface area (Å²) < 4.78 is 0. The predicted molar refractivity (Wildman–Crippen MR) is 92.8 cm³/mol. The van der Waals surface area contributed by atoms with Crippen molar-refractivity contribution in [2.45, 2.75) is 49.4 Å². The standard InChI is InChI=1S/C22H22O2/c1-13-15-7-9-21(11-15,19(13)23)17-5-3-4-6-18(17)22-10-8-16(12-22)14(2)20(22)24/h3-6,15-16H,1-2,7-12H2. The van der Waals surface area contributed by atoms with E-state index in [4.69, 9.17) is 0 Å². The molecule has 0 spiro atoms. The maximum Gasteiger partial charge on any atom is 0.169 e. The number of hydrogen-bond donors (Lipinski definition) is 0. The van der Waals surface area contributed by atoms with E-state index in [9.17, 15) is 9.59 Å². The second kappa shape index (κ2) is 4.36. The number of allylic oxidation sites excluding steroid dienone is 2. The first-order valence-corrected chi connectivity index (χ1v) is 9.07. The van der Waals surface area contributed by atoms with Gasteiger partial charge in [0.15, 0.2) is 11.6 Å². The van der Waals surface area contributed by atoms with Crippen molar-refractivity contribution in [1.82, 2.24) is 0 Å². The summed E-state index contributed by atoms with van der Waals surface area (Å²) in [4.78, 5) is 26.0. The fourth-order valence-electron chi connectivity index (χ4n) is 6.14. The minimum Gasteiger partial charge on any atom is -0.294 e. The number of benzene rings is 1. The number of carbonyl (C=O) groups is 2. The van der Waals surface area contributed by atoms with Crippen molar-refractivity contribution >= 4 is 11.6 Å². The molecule has 4 fully saturated rings. The largest absolute Gasteiger partial charge is 0.294 e. The first-order valence-electron chi connectivity index (χ1n) is 9.07. The maximum atomic E-state index is 13.0. The van der Waals surface area contributed by atoms with Crippen molar-refractivity contribution in [2.24, 2.45) is 11.8 Å². The van der Waals surface area contributed by atoms with Crippen LogP contribution in [0.1, 0.15) is 49.7 Å². The van der Waals surface area contributed by atoms with Gasteiger partial charge in [-0.25, -0.2) is 0 Å². The Morgan fingerprint density at radius 3 is 1.54 bits per heavy atom. The normalized spacial score (nSPS) is 40.2. The van der Waals surface area contributed by atoms with E-state index in [1.165, 1.54) is 0 Å². The van der Waals surface area contributed by atoms with Crippen LogP contribution in [0.4, 0.5) is 0 Å². The monoisotopic (exact) mass is 318 g/mol. The molecular weight excluding hydrogens is 296 g/mol. The molecule has 5 rings (SSSR count). The lowest BCUT2D eigenvalue weighted by Crippen LogP contribution is -2.38. The van der Waals surface area contributed by atoms with Gasteiger partial charge in [0.1, 0.15) is 0 Å². The summed E-state index contributed by atoms with van der Waals surface area (Å²) in [7, 11) is 0. The third kappa shape index (κ3) is 1.44. The molecule has 0 aromatic heterocycles. The third-order valence-corrected chi connectivity index (χ3v) is 7.43. The third-order valence-electron chi connectivity index (χ3n) is 7.43. The molecule has 1 aromatic rings. The number of fused-ring (bicyclic) bond motifs is 4. The summed E-state index contributed by atoms with van der Waals surface area (Å²) in [5, 5.41) is 0. The topological polar surface area (TPSA) is 34.1 Å². The van der Waals surface area contributed by atoms with Gasteiger partial charge in [-0.3, -0.25) is 9.59 Å². The second-order valence-corrected chi connectivity index (χ2v) is 8.30. The van der Waals surface area contributed by atoms with Gasteiger partial charge in [-0.15, -0.1) is 0 Å². The van der Waals surface area contributed by atoms with Crippen LogP contribution in [0, 0.1) is 11.8 Å². The van der Waals surface area contributed by atoms with E-state index < -0.39 is 10.8 Å². The van der Waals surface area contributed by atoms with Crippen LogP contribution in [-0.4, -0.2) is 11.6 Å².